The second-order valence-electron chi connectivity index (χ2n) is 9.61. The van der Waals surface area contributed by atoms with Crippen molar-refractivity contribution in [2.75, 3.05) is 31.2 Å². The van der Waals surface area contributed by atoms with Crippen molar-refractivity contribution in [2.45, 2.75) is 30.1 Å². The number of benzene rings is 2. The van der Waals surface area contributed by atoms with Gasteiger partial charge in [-0.3, -0.25) is 14.1 Å². The Kier molecular flexibility index (Phi) is 6.99. The lowest BCUT2D eigenvalue weighted by Gasteiger charge is -2.18. The SMILES string of the molecule is CS(=O)(=O)c1ccc(-c2cccc3nc(Nc4ccc(C5CCCN(CC(=O)O)CC5)cc4)cn23)cc1. The molecular formula is C28H30N4O4S. The van der Waals surface area contributed by atoms with Crippen LogP contribution in [-0.2, 0) is 14.6 Å². The van der Waals surface area contributed by atoms with Crippen LogP contribution in [0.2, 0.25) is 0 Å². The molecule has 8 nitrogen and oxygen atoms in total. The van der Waals surface area contributed by atoms with Crippen molar-refractivity contribution in [3.05, 3.63) is 78.5 Å². The highest BCUT2D eigenvalue weighted by molar-refractivity contribution is 7.90. The van der Waals surface area contributed by atoms with Crippen LogP contribution in [0.4, 0.5) is 11.5 Å². The lowest BCUT2D eigenvalue weighted by atomic mass is 9.92. The number of aromatic nitrogens is 2. The minimum atomic E-state index is -3.25. The first-order chi connectivity index (χ1) is 17.8. The Morgan fingerprint density at radius 3 is 2.49 bits per heavy atom. The standard InChI is InChI=1S/C28H30N4O4S/c1-37(35,36)24-13-9-22(10-14-24)25-5-2-6-27-30-26(18-32(25)27)29-23-11-7-21(8-12-23)20-4-3-16-31(17-15-20)19-28(33)34/h2,5-14,18,20,29H,3-4,15-17,19H2,1H3,(H,33,34). The number of anilines is 2. The summed E-state index contributed by atoms with van der Waals surface area (Å²) in [6.45, 7) is 1.75. The second kappa shape index (κ2) is 10.4. The zero-order valence-electron chi connectivity index (χ0n) is 20.7. The number of hydrogen-bond acceptors (Lipinski definition) is 6. The van der Waals surface area contributed by atoms with E-state index in [4.69, 9.17) is 10.1 Å². The van der Waals surface area contributed by atoms with E-state index in [0.29, 0.717) is 16.6 Å². The molecule has 9 heteroatoms. The van der Waals surface area contributed by atoms with E-state index in [1.807, 2.05) is 45.8 Å². The molecule has 0 amide bonds. The average molecular weight is 519 g/mol. The fraction of sp³-hybridized carbons (Fsp3) is 0.286. The number of fused-ring (bicyclic) bond motifs is 1. The lowest BCUT2D eigenvalue weighted by Crippen LogP contribution is -2.30. The highest BCUT2D eigenvalue weighted by Crippen LogP contribution is 2.30. The van der Waals surface area contributed by atoms with E-state index in [9.17, 15) is 13.2 Å². The van der Waals surface area contributed by atoms with Crippen LogP contribution in [0.15, 0.2) is 77.8 Å². The van der Waals surface area contributed by atoms with Gasteiger partial charge in [0.15, 0.2) is 9.84 Å². The number of hydrogen-bond donors (Lipinski definition) is 2. The summed E-state index contributed by atoms with van der Waals surface area (Å²) < 4.78 is 25.6. The van der Waals surface area contributed by atoms with E-state index in [1.54, 1.807) is 12.1 Å². The Morgan fingerprint density at radius 1 is 1.03 bits per heavy atom. The van der Waals surface area contributed by atoms with Crippen molar-refractivity contribution in [1.29, 1.82) is 0 Å². The van der Waals surface area contributed by atoms with Crippen LogP contribution in [0, 0.1) is 0 Å². The zero-order valence-corrected chi connectivity index (χ0v) is 21.5. The molecule has 0 radical (unpaired) electrons. The summed E-state index contributed by atoms with van der Waals surface area (Å²) in [6, 6.07) is 21.1. The summed E-state index contributed by atoms with van der Waals surface area (Å²) in [4.78, 5) is 18.1. The topological polar surface area (TPSA) is 104 Å². The predicted octanol–water partition coefficient (Wildman–Crippen LogP) is 4.80. The fourth-order valence-electron chi connectivity index (χ4n) is 5.00. The molecule has 1 fully saturated rings. The summed E-state index contributed by atoms with van der Waals surface area (Å²) in [6.07, 6.45) is 6.16. The van der Waals surface area contributed by atoms with Gasteiger partial charge in [0.1, 0.15) is 11.5 Å². The molecule has 2 aromatic carbocycles. The maximum atomic E-state index is 11.8. The molecule has 2 N–H and O–H groups in total. The molecule has 0 bridgehead atoms. The van der Waals surface area contributed by atoms with Gasteiger partial charge >= 0.3 is 5.97 Å². The number of rotatable bonds is 7. The summed E-state index contributed by atoms with van der Waals surface area (Å²) in [7, 11) is -3.25. The maximum absolute atomic E-state index is 11.8. The van der Waals surface area contributed by atoms with Crippen molar-refractivity contribution in [2.24, 2.45) is 0 Å². The van der Waals surface area contributed by atoms with Gasteiger partial charge in [-0.1, -0.05) is 30.3 Å². The summed E-state index contributed by atoms with van der Waals surface area (Å²) in [5.41, 5.74) is 4.81. The maximum Gasteiger partial charge on any atom is 0.317 e. The van der Waals surface area contributed by atoms with E-state index >= 15 is 0 Å². The van der Waals surface area contributed by atoms with Gasteiger partial charge in [0.2, 0.25) is 0 Å². The van der Waals surface area contributed by atoms with E-state index < -0.39 is 15.8 Å². The normalized spacial score (nSPS) is 16.9. The Balaban J connectivity index is 1.30. The first kappa shape index (κ1) is 25.0. The van der Waals surface area contributed by atoms with Gasteiger partial charge in [0, 0.05) is 11.9 Å². The Hall–Kier alpha value is -3.69. The van der Waals surface area contributed by atoms with Crippen molar-refractivity contribution in [1.82, 2.24) is 14.3 Å². The first-order valence-electron chi connectivity index (χ1n) is 12.4. The molecule has 1 saturated heterocycles. The van der Waals surface area contributed by atoms with Crippen LogP contribution in [0.25, 0.3) is 16.9 Å². The quantitative estimate of drug-likeness (QED) is 0.362. The highest BCUT2D eigenvalue weighted by Gasteiger charge is 2.20. The van der Waals surface area contributed by atoms with Gasteiger partial charge in [-0.2, -0.15) is 0 Å². The van der Waals surface area contributed by atoms with Crippen LogP contribution in [0.1, 0.15) is 30.7 Å². The molecule has 1 atom stereocenters. The third-order valence-corrected chi connectivity index (χ3v) is 8.03. The Morgan fingerprint density at radius 2 is 1.78 bits per heavy atom. The van der Waals surface area contributed by atoms with Gasteiger partial charge in [0.25, 0.3) is 0 Å². The number of carboxylic acid groups (broad SMARTS) is 1. The molecule has 2 aromatic heterocycles. The van der Waals surface area contributed by atoms with Gasteiger partial charge in [-0.25, -0.2) is 13.4 Å². The molecule has 0 saturated carbocycles. The molecule has 1 aliphatic heterocycles. The summed E-state index contributed by atoms with van der Waals surface area (Å²) in [5.74, 6) is 0.379. The molecule has 1 aliphatic rings. The minimum absolute atomic E-state index is 0.113. The molecule has 192 valence electrons. The van der Waals surface area contributed by atoms with Gasteiger partial charge in [-0.15, -0.1) is 0 Å². The lowest BCUT2D eigenvalue weighted by molar-refractivity contribution is -0.138. The molecule has 0 aliphatic carbocycles. The van der Waals surface area contributed by atoms with E-state index in [1.165, 1.54) is 11.8 Å². The summed E-state index contributed by atoms with van der Waals surface area (Å²) in [5, 5.41) is 12.5. The Labute approximate surface area is 216 Å². The summed E-state index contributed by atoms with van der Waals surface area (Å²) >= 11 is 0. The highest BCUT2D eigenvalue weighted by atomic mass is 32.2. The number of nitrogens with one attached hydrogen (secondary N) is 1. The molecular weight excluding hydrogens is 488 g/mol. The molecule has 37 heavy (non-hydrogen) atoms. The van der Waals surface area contributed by atoms with Crippen LogP contribution < -0.4 is 5.32 Å². The van der Waals surface area contributed by atoms with Crippen molar-refractivity contribution >= 4 is 33.0 Å². The average Bonchev–Trinajstić information content (AvgIpc) is 3.14. The third kappa shape index (κ3) is 5.84. The van der Waals surface area contributed by atoms with Gasteiger partial charge in [0.05, 0.1) is 23.3 Å². The smallest absolute Gasteiger partial charge is 0.317 e. The molecule has 1 unspecified atom stereocenters. The van der Waals surface area contributed by atoms with Crippen molar-refractivity contribution < 1.29 is 18.3 Å². The molecule has 3 heterocycles. The first-order valence-corrected chi connectivity index (χ1v) is 14.3. The number of sulfone groups is 1. The number of pyridine rings is 1. The second-order valence-corrected chi connectivity index (χ2v) is 11.6. The van der Waals surface area contributed by atoms with Crippen LogP contribution in [-0.4, -0.2) is 59.7 Å². The van der Waals surface area contributed by atoms with Crippen molar-refractivity contribution in [3.63, 3.8) is 0 Å². The Bertz CT molecular complexity index is 1510. The van der Waals surface area contributed by atoms with Crippen LogP contribution in [0.3, 0.4) is 0 Å². The number of carboxylic acids is 1. The largest absolute Gasteiger partial charge is 0.480 e. The van der Waals surface area contributed by atoms with E-state index in [0.717, 1.165) is 54.9 Å². The monoisotopic (exact) mass is 518 g/mol. The fourth-order valence-corrected chi connectivity index (χ4v) is 5.63. The number of nitrogens with zero attached hydrogens (tertiary/aromatic N) is 3. The molecule has 5 rings (SSSR count). The van der Waals surface area contributed by atoms with E-state index in [-0.39, 0.29) is 6.54 Å². The number of carbonyl (C=O) groups is 1. The van der Waals surface area contributed by atoms with Gasteiger partial charge < -0.3 is 10.4 Å². The van der Waals surface area contributed by atoms with E-state index in [2.05, 4.69) is 29.6 Å². The molecule has 0 spiro atoms. The van der Waals surface area contributed by atoms with Crippen LogP contribution in [0.5, 0.6) is 0 Å². The molecule has 4 aromatic rings. The third-order valence-electron chi connectivity index (χ3n) is 6.90. The van der Waals surface area contributed by atoms with Crippen LogP contribution >= 0.6 is 0 Å². The minimum Gasteiger partial charge on any atom is -0.480 e. The van der Waals surface area contributed by atoms with Gasteiger partial charge in [-0.05, 0) is 85.8 Å². The zero-order chi connectivity index (χ0) is 26.0. The predicted molar refractivity (Wildman–Crippen MR) is 144 cm³/mol. The number of likely N-dealkylation sites (tertiary alicyclic amines) is 1. The number of aliphatic carboxylic acids is 1. The number of imidazole rings is 1. The van der Waals surface area contributed by atoms with Crippen molar-refractivity contribution in [3.8, 4) is 11.3 Å².